The molecular formula is C12H15NO. The molecule has 1 atom stereocenters. The highest BCUT2D eigenvalue weighted by molar-refractivity contribution is 5.79. The van der Waals surface area contributed by atoms with Crippen molar-refractivity contribution >= 4 is 5.91 Å². The van der Waals surface area contributed by atoms with E-state index in [0.29, 0.717) is 6.54 Å². The summed E-state index contributed by atoms with van der Waals surface area (Å²) in [5.74, 6) is 0.262. The maximum Gasteiger partial charge on any atom is 0.223 e. The van der Waals surface area contributed by atoms with Crippen molar-refractivity contribution in [2.75, 3.05) is 0 Å². The summed E-state index contributed by atoms with van der Waals surface area (Å²) < 4.78 is 0. The summed E-state index contributed by atoms with van der Waals surface area (Å²) in [5, 5.41) is 2.94. The number of benzene rings is 1. The maximum atomic E-state index is 11.5. The van der Waals surface area contributed by atoms with Crippen LogP contribution in [0.25, 0.3) is 0 Å². The molecule has 1 unspecified atom stereocenters. The number of fused-ring (bicyclic) bond motifs is 1. The second kappa shape index (κ2) is 3.45. The van der Waals surface area contributed by atoms with E-state index in [1.165, 1.54) is 16.7 Å². The van der Waals surface area contributed by atoms with Crippen LogP contribution in [0.15, 0.2) is 18.2 Å². The molecule has 0 saturated heterocycles. The van der Waals surface area contributed by atoms with Gasteiger partial charge in [-0.2, -0.15) is 0 Å². The SMILES string of the molecule is Cc1ccc2c(c1)CNC(=O)C(C)C2. The first-order valence-electron chi connectivity index (χ1n) is 5.03. The van der Waals surface area contributed by atoms with Crippen LogP contribution < -0.4 is 5.32 Å². The fraction of sp³-hybridized carbons (Fsp3) is 0.417. The first kappa shape index (κ1) is 9.25. The molecule has 0 aromatic heterocycles. The lowest BCUT2D eigenvalue weighted by Gasteiger charge is -2.06. The van der Waals surface area contributed by atoms with Gasteiger partial charge in [-0.15, -0.1) is 0 Å². The van der Waals surface area contributed by atoms with E-state index in [0.717, 1.165) is 6.42 Å². The Labute approximate surface area is 84.3 Å². The fourth-order valence-electron chi connectivity index (χ4n) is 1.90. The van der Waals surface area contributed by atoms with Crippen molar-refractivity contribution in [3.8, 4) is 0 Å². The molecule has 0 spiro atoms. The molecular weight excluding hydrogens is 174 g/mol. The molecule has 14 heavy (non-hydrogen) atoms. The van der Waals surface area contributed by atoms with E-state index >= 15 is 0 Å². The van der Waals surface area contributed by atoms with Crippen molar-refractivity contribution < 1.29 is 4.79 Å². The minimum atomic E-state index is 0.0963. The highest BCUT2D eigenvalue weighted by Crippen LogP contribution is 2.19. The molecule has 0 aliphatic carbocycles. The van der Waals surface area contributed by atoms with E-state index in [9.17, 15) is 4.79 Å². The lowest BCUT2D eigenvalue weighted by molar-refractivity contribution is -0.124. The van der Waals surface area contributed by atoms with Crippen LogP contribution in [-0.4, -0.2) is 5.91 Å². The van der Waals surface area contributed by atoms with Gasteiger partial charge in [0, 0.05) is 12.5 Å². The fourth-order valence-corrected chi connectivity index (χ4v) is 1.90. The Kier molecular flexibility index (Phi) is 2.28. The summed E-state index contributed by atoms with van der Waals surface area (Å²) in [4.78, 5) is 11.5. The number of amides is 1. The molecule has 2 nitrogen and oxygen atoms in total. The van der Waals surface area contributed by atoms with Gasteiger partial charge in [-0.1, -0.05) is 30.7 Å². The molecule has 1 aliphatic heterocycles. The van der Waals surface area contributed by atoms with Gasteiger partial charge in [0.2, 0.25) is 5.91 Å². The lowest BCUT2D eigenvalue weighted by atomic mass is 9.97. The van der Waals surface area contributed by atoms with Gasteiger partial charge in [-0.05, 0) is 24.5 Å². The molecule has 1 aliphatic rings. The maximum absolute atomic E-state index is 11.5. The van der Waals surface area contributed by atoms with Gasteiger partial charge in [-0.25, -0.2) is 0 Å². The summed E-state index contributed by atoms with van der Waals surface area (Å²) in [6.45, 7) is 4.74. The number of carbonyl (C=O) groups excluding carboxylic acids is 1. The largest absolute Gasteiger partial charge is 0.352 e. The molecule has 0 saturated carbocycles. The van der Waals surface area contributed by atoms with Gasteiger partial charge in [0.25, 0.3) is 0 Å². The van der Waals surface area contributed by atoms with E-state index in [-0.39, 0.29) is 11.8 Å². The monoisotopic (exact) mass is 189 g/mol. The second-order valence-corrected chi connectivity index (χ2v) is 4.10. The highest BCUT2D eigenvalue weighted by atomic mass is 16.1. The molecule has 1 aromatic rings. The first-order valence-corrected chi connectivity index (χ1v) is 5.03. The Balaban J connectivity index is 2.37. The highest BCUT2D eigenvalue weighted by Gasteiger charge is 2.19. The molecule has 0 radical (unpaired) electrons. The van der Waals surface area contributed by atoms with Gasteiger partial charge in [0.05, 0.1) is 0 Å². The van der Waals surface area contributed by atoms with E-state index in [4.69, 9.17) is 0 Å². The predicted molar refractivity (Wildman–Crippen MR) is 55.9 cm³/mol. The van der Waals surface area contributed by atoms with Crippen molar-refractivity contribution in [3.63, 3.8) is 0 Å². The van der Waals surface area contributed by atoms with E-state index in [1.807, 2.05) is 6.92 Å². The van der Waals surface area contributed by atoms with Crippen LogP contribution in [0.5, 0.6) is 0 Å². The van der Waals surface area contributed by atoms with E-state index in [2.05, 4.69) is 30.4 Å². The molecule has 0 bridgehead atoms. The summed E-state index contributed by atoms with van der Waals surface area (Å²) in [5.41, 5.74) is 3.83. The number of nitrogens with one attached hydrogen (secondary N) is 1. The summed E-state index contributed by atoms with van der Waals surface area (Å²) in [6, 6.07) is 6.41. The van der Waals surface area contributed by atoms with E-state index in [1.54, 1.807) is 0 Å². The minimum Gasteiger partial charge on any atom is -0.352 e. The van der Waals surface area contributed by atoms with Gasteiger partial charge in [0.1, 0.15) is 0 Å². The third-order valence-electron chi connectivity index (χ3n) is 2.79. The Morgan fingerprint density at radius 3 is 2.93 bits per heavy atom. The topological polar surface area (TPSA) is 29.1 Å². The summed E-state index contributed by atoms with van der Waals surface area (Å²) >= 11 is 0. The van der Waals surface area contributed by atoms with Crippen molar-refractivity contribution in [1.29, 1.82) is 0 Å². The number of hydrogen-bond acceptors (Lipinski definition) is 1. The van der Waals surface area contributed by atoms with Gasteiger partial charge < -0.3 is 5.32 Å². The average molecular weight is 189 g/mol. The molecule has 1 N–H and O–H groups in total. The molecule has 2 rings (SSSR count). The zero-order chi connectivity index (χ0) is 10.1. The van der Waals surface area contributed by atoms with Crippen LogP contribution in [0.2, 0.25) is 0 Å². The molecule has 2 heteroatoms. The van der Waals surface area contributed by atoms with Crippen LogP contribution in [-0.2, 0) is 17.8 Å². The average Bonchev–Trinajstić information content (AvgIpc) is 2.29. The van der Waals surface area contributed by atoms with Crippen molar-refractivity contribution in [2.24, 2.45) is 5.92 Å². The Morgan fingerprint density at radius 2 is 2.14 bits per heavy atom. The lowest BCUT2D eigenvalue weighted by Crippen LogP contribution is -2.26. The Morgan fingerprint density at radius 1 is 1.36 bits per heavy atom. The zero-order valence-electron chi connectivity index (χ0n) is 8.63. The quantitative estimate of drug-likeness (QED) is 0.662. The smallest absolute Gasteiger partial charge is 0.223 e. The van der Waals surface area contributed by atoms with Gasteiger partial charge in [-0.3, -0.25) is 4.79 Å². The van der Waals surface area contributed by atoms with Crippen molar-refractivity contribution in [3.05, 3.63) is 34.9 Å². The zero-order valence-corrected chi connectivity index (χ0v) is 8.63. The second-order valence-electron chi connectivity index (χ2n) is 4.10. The molecule has 74 valence electrons. The molecule has 0 fully saturated rings. The number of carbonyl (C=O) groups is 1. The van der Waals surface area contributed by atoms with E-state index < -0.39 is 0 Å². The third-order valence-corrected chi connectivity index (χ3v) is 2.79. The summed E-state index contributed by atoms with van der Waals surface area (Å²) in [7, 11) is 0. The van der Waals surface area contributed by atoms with Crippen LogP contribution in [0.3, 0.4) is 0 Å². The van der Waals surface area contributed by atoms with Crippen molar-refractivity contribution in [1.82, 2.24) is 5.32 Å². The van der Waals surface area contributed by atoms with Crippen LogP contribution in [0, 0.1) is 12.8 Å². The van der Waals surface area contributed by atoms with Crippen LogP contribution in [0.4, 0.5) is 0 Å². The molecule has 1 heterocycles. The molecule has 1 aromatic carbocycles. The van der Waals surface area contributed by atoms with Crippen molar-refractivity contribution in [2.45, 2.75) is 26.8 Å². The number of hydrogen-bond donors (Lipinski definition) is 1. The predicted octanol–water partition coefficient (Wildman–Crippen LogP) is 1.80. The Bertz CT molecular complexity index is 371. The standard InChI is InChI=1S/C12H15NO/c1-8-3-4-10-6-9(2)12(14)13-7-11(10)5-8/h3-5,9H,6-7H2,1-2H3,(H,13,14). The summed E-state index contributed by atoms with van der Waals surface area (Å²) in [6.07, 6.45) is 0.863. The van der Waals surface area contributed by atoms with Gasteiger partial charge >= 0.3 is 0 Å². The number of aryl methyl sites for hydroxylation is 1. The normalized spacial score (nSPS) is 21.0. The third kappa shape index (κ3) is 1.65. The first-order chi connectivity index (χ1) is 6.66. The minimum absolute atomic E-state index is 0.0963. The van der Waals surface area contributed by atoms with Gasteiger partial charge in [0.15, 0.2) is 0 Å². The number of rotatable bonds is 0. The van der Waals surface area contributed by atoms with Crippen LogP contribution >= 0.6 is 0 Å². The Hall–Kier alpha value is -1.31. The van der Waals surface area contributed by atoms with Crippen LogP contribution in [0.1, 0.15) is 23.6 Å². The molecule has 1 amide bonds.